The lowest BCUT2D eigenvalue weighted by Crippen LogP contribution is -2.22. The fourth-order valence-electron chi connectivity index (χ4n) is 2.53. The zero-order valence-corrected chi connectivity index (χ0v) is 11.5. The Morgan fingerprint density at radius 2 is 2.26 bits per heavy atom. The summed E-state index contributed by atoms with van der Waals surface area (Å²) >= 11 is 0. The fourth-order valence-corrected chi connectivity index (χ4v) is 2.53. The number of hydrogen-bond acceptors (Lipinski definition) is 4. The van der Waals surface area contributed by atoms with Crippen molar-refractivity contribution in [2.75, 3.05) is 0 Å². The van der Waals surface area contributed by atoms with Crippen LogP contribution in [0.2, 0.25) is 0 Å². The molecule has 5 heteroatoms. The molecular formula is C14H20N4O. The van der Waals surface area contributed by atoms with Crippen molar-refractivity contribution in [3.05, 3.63) is 35.3 Å². The van der Waals surface area contributed by atoms with Crippen molar-refractivity contribution in [2.24, 2.45) is 0 Å². The maximum Gasteiger partial charge on any atom is 0.147 e. The van der Waals surface area contributed by atoms with Crippen LogP contribution in [-0.4, -0.2) is 14.8 Å². The predicted octanol–water partition coefficient (Wildman–Crippen LogP) is 2.37. The molecule has 102 valence electrons. The molecular weight excluding hydrogens is 240 g/mol. The normalized spacial score (nSPS) is 16.3. The minimum Gasteiger partial charge on any atom is -0.465 e. The van der Waals surface area contributed by atoms with E-state index >= 15 is 0 Å². The largest absolute Gasteiger partial charge is 0.465 e. The monoisotopic (exact) mass is 260 g/mol. The first-order valence-corrected chi connectivity index (χ1v) is 6.94. The van der Waals surface area contributed by atoms with E-state index in [4.69, 9.17) is 4.42 Å². The topological polar surface area (TPSA) is 55.9 Å². The smallest absolute Gasteiger partial charge is 0.147 e. The van der Waals surface area contributed by atoms with Crippen LogP contribution in [0.4, 0.5) is 0 Å². The average molecular weight is 260 g/mol. The van der Waals surface area contributed by atoms with Gasteiger partial charge in [0.05, 0.1) is 12.6 Å². The standard InChI is InChI=1S/C14H20N4O/c1-10-6-7-12(19-10)11(2)15-9-14-17-16-13-5-3-4-8-18(13)14/h6-7,11,15H,3-5,8-9H2,1-2H3. The quantitative estimate of drug-likeness (QED) is 0.917. The van der Waals surface area contributed by atoms with Gasteiger partial charge in [-0.05, 0) is 38.8 Å². The Hall–Kier alpha value is -1.62. The number of nitrogens with one attached hydrogen (secondary N) is 1. The van der Waals surface area contributed by atoms with E-state index in [1.54, 1.807) is 0 Å². The molecule has 1 aliphatic heterocycles. The summed E-state index contributed by atoms with van der Waals surface area (Å²) in [7, 11) is 0. The third kappa shape index (κ3) is 2.56. The number of fused-ring (bicyclic) bond motifs is 1. The second-order valence-corrected chi connectivity index (χ2v) is 5.19. The van der Waals surface area contributed by atoms with Crippen LogP contribution < -0.4 is 5.32 Å². The first-order chi connectivity index (χ1) is 9.24. The van der Waals surface area contributed by atoms with Crippen LogP contribution in [0.25, 0.3) is 0 Å². The lowest BCUT2D eigenvalue weighted by Gasteiger charge is -2.16. The summed E-state index contributed by atoms with van der Waals surface area (Å²) in [4.78, 5) is 0. The molecule has 2 aromatic heterocycles. The van der Waals surface area contributed by atoms with E-state index in [0.29, 0.717) is 0 Å². The van der Waals surface area contributed by atoms with Crippen molar-refractivity contribution >= 4 is 0 Å². The van der Waals surface area contributed by atoms with E-state index in [0.717, 1.165) is 42.7 Å². The molecule has 0 radical (unpaired) electrons. The Bertz CT molecular complexity index is 558. The highest BCUT2D eigenvalue weighted by Gasteiger charge is 2.16. The van der Waals surface area contributed by atoms with E-state index < -0.39 is 0 Å². The maximum atomic E-state index is 5.62. The van der Waals surface area contributed by atoms with Gasteiger partial charge in [-0.25, -0.2) is 0 Å². The van der Waals surface area contributed by atoms with Crippen molar-refractivity contribution in [3.63, 3.8) is 0 Å². The van der Waals surface area contributed by atoms with Crippen molar-refractivity contribution < 1.29 is 4.42 Å². The molecule has 0 amide bonds. The Labute approximate surface area is 113 Å². The third-order valence-corrected chi connectivity index (χ3v) is 3.69. The second-order valence-electron chi connectivity index (χ2n) is 5.19. The zero-order valence-electron chi connectivity index (χ0n) is 11.5. The van der Waals surface area contributed by atoms with E-state index in [1.807, 2.05) is 19.1 Å². The van der Waals surface area contributed by atoms with E-state index in [2.05, 4.69) is 27.0 Å². The highest BCUT2D eigenvalue weighted by Crippen LogP contribution is 2.17. The number of nitrogens with zero attached hydrogens (tertiary/aromatic N) is 3. The molecule has 0 spiro atoms. The Morgan fingerprint density at radius 3 is 3.05 bits per heavy atom. The first-order valence-electron chi connectivity index (χ1n) is 6.94. The van der Waals surface area contributed by atoms with Gasteiger partial charge in [0.25, 0.3) is 0 Å². The number of furan rings is 1. The summed E-state index contributed by atoms with van der Waals surface area (Å²) in [5.41, 5.74) is 0. The highest BCUT2D eigenvalue weighted by atomic mass is 16.3. The molecule has 5 nitrogen and oxygen atoms in total. The van der Waals surface area contributed by atoms with E-state index in [1.165, 1.54) is 12.8 Å². The van der Waals surface area contributed by atoms with Gasteiger partial charge in [0.15, 0.2) is 0 Å². The number of aromatic nitrogens is 3. The molecule has 19 heavy (non-hydrogen) atoms. The van der Waals surface area contributed by atoms with Gasteiger partial charge in [0.2, 0.25) is 0 Å². The van der Waals surface area contributed by atoms with Crippen LogP contribution in [0.15, 0.2) is 16.5 Å². The van der Waals surface area contributed by atoms with Crippen LogP contribution >= 0.6 is 0 Å². The van der Waals surface area contributed by atoms with Gasteiger partial charge in [-0.1, -0.05) is 0 Å². The summed E-state index contributed by atoms with van der Waals surface area (Å²) in [5.74, 6) is 4.08. The molecule has 3 heterocycles. The molecule has 1 N–H and O–H groups in total. The van der Waals surface area contributed by atoms with Gasteiger partial charge in [-0.2, -0.15) is 0 Å². The molecule has 1 atom stereocenters. The molecule has 0 bridgehead atoms. The minimum atomic E-state index is 0.185. The molecule has 3 rings (SSSR count). The second kappa shape index (κ2) is 5.17. The molecule has 0 aliphatic carbocycles. The predicted molar refractivity (Wildman–Crippen MR) is 71.7 cm³/mol. The number of aryl methyl sites for hydroxylation is 2. The van der Waals surface area contributed by atoms with E-state index in [9.17, 15) is 0 Å². The molecule has 0 saturated carbocycles. The number of hydrogen-bond donors (Lipinski definition) is 1. The minimum absolute atomic E-state index is 0.185. The Balaban J connectivity index is 1.64. The SMILES string of the molecule is Cc1ccc(C(C)NCc2nnc3n2CCCC3)o1. The molecule has 2 aromatic rings. The van der Waals surface area contributed by atoms with Crippen molar-refractivity contribution in [1.29, 1.82) is 0 Å². The summed E-state index contributed by atoms with van der Waals surface area (Å²) in [6, 6.07) is 4.20. The van der Waals surface area contributed by atoms with Gasteiger partial charge < -0.3 is 14.3 Å². The summed E-state index contributed by atoms with van der Waals surface area (Å²) in [5, 5.41) is 12.0. The Morgan fingerprint density at radius 1 is 1.37 bits per heavy atom. The van der Waals surface area contributed by atoms with Crippen LogP contribution in [0.3, 0.4) is 0 Å². The van der Waals surface area contributed by atoms with Crippen molar-refractivity contribution in [1.82, 2.24) is 20.1 Å². The maximum absolute atomic E-state index is 5.62. The van der Waals surface area contributed by atoms with Gasteiger partial charge in [0.1, 0.15) is 23.2 Å². The molecule has 1 unspecified atom stereocenters. The van der Waals surface area contributed by atoms with Gasteiger partial charge in [0, 0.05) is 13.0 Å². The lowest BCUT2D eigenvalue weighted by molar-refractivity contribution is 0.407. The lowest BCUT2D eigenvalue weighted by atomic mass is 10.1. The molecule has 1 aliphatic rings. The average Bonchev–Trinajstić information content (AvgIpc) is 3.02. The number of rotatable bonds is 4. The third-order valence-electron chi connectivity index (χ3n) is 3.69. The fraction of sp³-hybridized carbons (Fsp3) is 0.571. The molecule has 0 aromatic carbocycles. The van der Waals surface area contributed by atoms with Gasteiger partial charge >= 0.3 is 0 Å². The van der Waals surface area contributed by atoms with Crippen LogP contribution in [0, 0.1) is 6.92 Å². The van der Waals surface area contributed by atoms with Gasteiger partial charge in [-0.3, -0.25) is 0 Å². The Kier molecular flexibility index (Phi) is 3.38. The molecule has 0 fully saturated rings. The summed E-state index contributed by atoms with van der Waals surface area (Å²) < 4.78 is 7.87. The summed E-state index contributed by atoms with van der Waals surface area (Å²) in [6.07, 6.45) is 3.51. The highest BCUT2D eigenvalue weighted by molar-refractivity contribution is 5.09. The van der Waals surface area contributed by atoms with Crippen LogP contribution in [0.1, 0.15) is 49.0 Å². The summed E-state index contributed by atoms with van der Waals surface area (Å²) in [6.45, 7) is 5.85. The van der Waals surface area contributed by atoms with Crippen LogP contribution in [-0.2, 0) is 19.5 Å². The van der Waals surface area contributed by atoms with Crippen LogP contribution in [0.5, 0.6) is 0 Å². The molecule has 0 saturated heterocycles. The van der Waals surface area contributed by atoms with Gasteiger partial charge in [-0.15, -0.1) is 10.2 Å². The van der Waals surface area contributed by atoms with Crippen molar-refractivity contribution in [2.45, 2.75) is 52.2 Å². The first kappa shape index (κ1) is 12.4. The van der Waals surface area contributed by atoms with Crippen molar-refractivity contribution in [3.8, 4) is 0 Å². The van der Waals surface area contributed by atoms with E-state index in [-0.39, 0.29) is 6.04 Å². The zero-order chi connectivity index (χ0) is 13.2.